The van der Waals surface area contributed by atoms with Gasteiger partial charge in [-0.05, 0) is 44.2 Å². The molecule has 2 heteroatoms. The fraction of sp³-hybridized carbons (Fsp3) is 0.889. The molecule has 0 bridgehead atoms. The summed E-state index contributed by atoms with van der Waals surface area (Å²) in [6, 6.07) is 0. The molecule has 0 saturated carbocycles. The Morgan fingerprint density at radius 3 is 3.00 bits per heavy atom. The number of hydrogen-bond donors (Lipinski definition) is 1. The van der Waals surface area contributed by atoms with E-state index in [2.05, 4.69) is 11.9 Å². The second-order valence-corrected chi connectivity index (χ2v) is 3.47. The predicted octanol–water partition coefficient (Wildman–Crippen LogP) is 1.06. The average Bonchev–Trinajstić information content (AvgIpc) is 2.58. The van der Waals surface area contributed by atoms with Crippen LogP contribution in [-0.2, 0) is 4.74 Å². The molecule has 2 rings (SSSR count). The van der Waals surface area contributed by atoms with Gasteiger partial charge in [0.15, 0.2) is 0 Å². The van der Waals surface area contributed by atoms with Crippen LogP contribution in [0.1, 0.15) is 19.3 Å². The van der Waals surface area contributed by atoms with Crippen molar-refractivity contribution in [1.29, 1.82) is 0 Å². The number of rotatable bonds is 1. The van der Waals surface area contributed by atoms with Crippen LogP contribution in [0, 0.1) is 18.4 Å². The van der Waals surface area contributed by atoms with Crippen LogP contribution in [-0.4, -0.2) is 19.7 Å². The summed E-state index contributed by atoms with van der Waals surface area (Å²) in [5.41, 5.74) is 0. The van der Waals surface area contributed by atoms with E-state index in [0.717, 1.165) is 12.5 Å². The topological polar surface area (TPSA) is 21.3 Å². The molecule has 2 atom stereocenters. The van der Waals surface area contributed by atoms with Crippen molar-refractivity contribution in [3.63, 3.8) is 0 Å². The van der Waals surface area contributed by atoms with Gasteiger partial charge in [-0.15, -0.1) is 0 Å². The van der Waals surface area contributed by atoms with E-state index in [4.69, 9.17) is 4.74 Å². The van der Waals surface area contributed by atoms with E-state index in [-0.39, 0.29) is 0 Å². The third-order valence-electron chi connectivity index (χ3n) is 2.66. The van der Waals surface area contributed by atoms with Gasteiger partial charge < -0.3 is 10.1 Å². The van der Waals surface area contributed by atoms with Crippen LogP contribution in [0.3, 0.4) is 0 Å². The number of ether oxygens (including phenoxy) is 1. The van der Waals surface area contributed by atoms with Gasteiger partial charge in [0.05, 0.1) is 0 Å². The van der Waals surface area contributed by atoms with Gasteiger partial charge >= 0.3 is 0 Å². The first-order valence-corrected chi connectivity index (χ1v) is 4.55. The molecule has 0 aromatic carbocycles. The lowest BCUT2D eigenvalue weighted by molar-refractivity contribution is 0.0937. The van der Waals surface area contributed by atoms with E-state index in [9.17, 15) is 0 Å². The summed E-state index contributed by atoms with van der Waals surface area (Å²) in [6.07, 6.45) is 3.81. The highest BCUT2D eigenvalue weighted by Gasteiger charge is 2.27. The van der Waals surface area contributed by atoms with E-state index in [1.165, 1.54) is 32.4 Å². The van der Waals surface area contributed by atoms with Crippen LogP contribution in [0.2, 0.25) is 0 Å². The molecule has 1 N–H and O–H groups in total. The summed E-state index contributed by atoms with van der Waals surface area (Å²) in [6.45, 7) is 6.36. The van der Waals surface area contributed by atoms with E-state index in [1.54, 1.807) is 0 Å². The minimum Gasteiger partial charge on any atom is -0.368 e. The van der Waals surface area contributed by atoms with Gasteiger partial charge in [0.25, 0.3) is 0 Å². The lowest BCUT2D eigenvalue weighted by Gasteiger charge is -2.25. The molecular weight excluding hydrogens is 138 g/mol. The van der Waals surface area contributed by atoms with Crippen molar-refractivity contribution in [1.82, 2.24) is 5.32 Å². The summed E-state index contributed by atoms with van der Waals surface area (Å²) in [5, 5.41) is 3.37. The highest BCUT2D eigenvalue weighted by molar-refractivity contribution is 4.84. The van der Waals surface area contributed by atoms with E-state index in [0.29, 0.717) is 5.92 Å². The standard InChI is InChI=1S/C9H15NO/c1-2-9(7-11-5-1)8-3-4-10-6-8/h8-10H,1-6H2. The maximum atomic E-state index is 5.22. The van der Waals surface area contributed by atoms with Gasteiger partial charge in [0.1, 0.15) is 6.61 Å². The molecule has 2 nitrogen and oxygen atoms in total. The summed E-state index contributed by atoms with van der Waals surface area (Å²) in [7, 11) is 0. The molecule has 0 spiro atoms. The first-order chi connectivity index (χ1) is 5.47. The van der Waals surface area contributed by atoms with Crippen LogP contribution >= 0.6 is 0 Å². The van der Waals surface area contributed by atoms with Crippen molar-refractivity contribution >= 4 is 0 Å². The van der Waals surface area contributed by atoms with E-state index < -0.39 is 0 Å². The summed E-state index contributed by atoms with van der Waals surface area (Å²) >= 11 is 0. The highest BCUT2D eigenvalue weighted by atomic mass is 16.5. The van der Waals surface area contributed by atoms with Crippen molar-refractivity contribution in [2.75, 3.05) is 19.7 Å². The van der Waals surface area contributed by atoms with E-state index >= 15 is 0 Å². The molecule has 0 aromatic heterocycles. The Hall–Kier alpha value is -0.0800. The Balaban J connectivity index is 1.82. The first-order valence-electron chi connectivity index (χ1n) is 4.55. The molecule has 0 amide bonds. The average molecular weight is 153 g/mol. The van der Waals surface area contributed by atoms with Crippen LogP contribution in [0.5, 0.6) is 0 Å². The van der Waals surface area contributed by atoms with Gasteiger partial charge in [-0.3, -0.25) is 0 Å². The maximum Gasteiger partial charge on any atom is 0.135 e. The van der Waals surface area contributed by atoms with Gasteiger partial charge in [-0.25, -0.2) is 0 Å². The van der Waals surface area contributed by atoms with Gasteiger partial charge in [0, 0.05) is 6.61 Å². The van der Waals surface area contributed by atoms with Crippen LogP contribution in [0.25, 0.3) is 0 Å². The third-order valence-corrected chi connectivity index (χ3v) is 2.66. The fourth-order valence-electron chi connectivity index (χ4n) is 1.95. The Labute approximate surface area is 68.3 Å². The minimum absolute atomic E-state index is 0.610. The Morgan fingerprint density at radius 1 is 1.36 bits per heavy atom. The second-order valence-electron chi connectivity index (χ2n) is 3.47. The molecule has 0 aliphatic carbocycles. The molecule has 2 fully saturated rings. The molecule has 2 aliphatic rings. The Kier molecular flexibility index (Phi) is 2.44. The van der Waals surface area contributed by atoms with Gasteiger partial charge in [0.2, 0.25) is 0 Å². The molecule has 2 radical (unpaired) electrons. The third kappa shape index (κ3) is 1.74. The summed E-state index contributed by atoms with van der Waals surface area (Å²) in [5.74, 6) is 1.41. The molecule has 0 aromatic rings. The first kappa shape index (κ1) is 7.56. The molecule has 11 heavy (non-hydrogen) atoms. The van der Waals surface area contributed by atoms with Crippen molar-refractivity contribution in [2.24, 2.45) is 11.8 Å². The lowest BCUT2D eigenvalue weighted by atomic mass is 9.87. The lowest BCUT2D eigenvalue weighted by Crippen LogP contribution is -2.23. The molecule has 62 valence electrons. The van der Waals surface area contributed by atoms with Crippen molar-refractivity contribution in [2.45, 2.75) is 19.3 Å². The second kappa shape index (κ2) is 3.55. The number of nitrogens with one attached hydrogen (secondary N) is 1. The zero-order chi connectivity index (χ0) is 7.52. The van der Waals surface area contributed by atoms with Crippen molar-refractivity contribution in [3.8, 4) is 0 Å². The Morgan fingerprint density at radius 2 is 2.36 bits per heavy atom. The minimum atomic E-state index is 0.610. The van der Waals surface area contributed by atoms with Crippen LogP contribution in [0.4, 0.5) is 0 Å². The SMILES string of the molecule is [C]1OCCCC1C1CCNC1. The van der Waals surface area contributed by atoms with E-state index in [1.807, 2.05) is 0 Å². The molecule has 2 aliphatic heterocycles. The van der Waals surface area contributed by atoms with Crippen LogP contribution in [0.15, 0.2) is 0 Å². The Bertz CT molecular complexity index is 115. The summed E-state index contributed by atoms with van der Waals surface area (Å²) in [4.78, 5) is 0. The zero-order valence-corrected chi connectivity index (χ0v) is 6.81. The predicted molar refractivity (Wildman–Crippen MR) is 42.9 cm³/mol. The zero-order valence-electron chi connectivity index (χ0n) is 6.81. The van der Waals surface area contributed by atoms with Crippen molar-refractivity contribution < 1.29 is 4.74 Å². The molecule has 2 saturated heterocycles. The molecular formula is C9H15NO. The molecule has 2 unspecified atom stereocenters. The highest BCUT2D eigenvalue weighted by Crippen LogP contribution is 2.28. The quantitative estimate of drug-likeness (QED) is 0.608. The summed E-state index contributed by atoms with van der Waals surface area (Å²) < 4.78 is 5.22. The van der Waals surface area contributed by atoms with Crippen LogP contribution < -0.4 is 5.32 Å². The largest absolute Gasteiger partial charge is 0.368 e. The number of hydrogen-bond acceptors (Lipinski definition) is 2. The molecule has 2 heterocycles. The van der Waals surface area contributed by atoms with Gasteiger partial charge in [-0.1, -0.05) is 0 Å². The fourth-order valence-corrected chi connectivity index (χ4v) is 1.95. The normalized spacial score (nSPS) is 39.3. The maximum absolute atomic E-state index is 5.22. The smallest absolute Gasteiger partial charge is 0.135 e. The van der Waals surface area contributed by atoms with Gasteiger partial charge in [-0.2, -0.15) is 0 Å². The monoisotopic (exact) mass is 153 g/mol. The van der Waals surface area contributed by atoms with Crippen molar-refractivity contribution in [3.05, 3.63) is 6.61 Å².